The average Bonchev–Trinajstić information content (AvgIpc) is 3.21. The first-order chi connectivity index (χ1) is 12.7. The maximum absolute atomic E-state index is 12.1. The number of amides is 2. The zero-order valence-electron chi connectivity index (χ0n) is 15.5. The van der Waals surface area contributed by atoms with Crippen LogP contribution in [0.3, 0.4) is 0 Å². The van der Waals surface area contributed by atoms with Crippen LogP contribution < -0.4 is 15.4 Å². The third-order valence-electron chi connectivity index (χ3n) is 5.58. The van der Waals surface area contributed by atoms with Crippen LogP contribution in [-0.4, -0.2) is 49.5 Å². The molecule has 3 rings (SSSR count). The monoisotopic (exact) mass is 359 g/mol. The first kappa shape index (κ1) is 18.7. The summed E-state index contributed by atoms with van der Waals surface area (Å²) in [6.45, 7) is 2.80. The quantitative estimate of drug-likeness (QED) is 0.792. The topological polar surface area (TPSA) is 70.7 Å². The SMILES string of the molecule is COc1cccc(NC(=O)C(=O)NCC2CCN(C3CCCC3)CC2)c1. The lowest BCUT2D eigenvalue weighted by Crippen LogP contribution is -2.44. The molecule has 0 spiro atoms. The summed E-state index contributed by atoms with van der Waals surface area (Å²) in [7, 11) is 1.56. The van der Waals surface area contributed by atoms with Crippen LogP contribution in [0.5, 0.6) is 5.75 Å². The lowest BCUT2D eigenvalue weighted by molar-refractivity contribution is -0.136. The third-order valence-corrected chi connectivity index (χ3v) is 5.58. The number of rotatable bonds is 5. The minimum atomic E-state index is -0.637. The predicted molar refractivity (Wildman–Crippen MR) is 101 cm³/mol. The number of likely N-dealkylation sites (tertiary alicyclic amines) is 1. The Balaban J connectivity index is 1.39. The second kappa shape index (κ2) is 9.03. The van der Waals surface area contributed by atoms with E-state index in [-0.39, 0.29) is 0 Å². The Morgan fingerprint density at radius 3 is 2.54 bits per heavy atom. The molecule has 2 aliphatic rings. The molecular weight excluding hydrogens is 330 g/mol. The van der Waals surface area contributed by atoms with Crippen molar-refractivity contribution in [1.82, 2.24) is 10.2 Å². The first-order valence-corrected chi connectivity index (χ1v) is 9.63. The Morgan fingerprint density at radius 2 is 1.85 bits per heavy atom. The number of carbonyl (C=O) groups is 2. The van der Waals surface area contributed by atoms with Gasteiger partial charge in [-0.05, 0) is 56.8 Å². The standard InChI is InChI=1S/C20H29N3O3/c1-26-18-8-4-5-16(13-18)22-20(25)19(24)21-14-15-9-11-23(12-10-15)17-6-2-3-7-17/h4-5,8,13,15,17H,2-3,6-7,9-12,14H2,1H3,(H,21,24)(H,22,25). The van der Waals surface area contributed by atoms with E-state index in [1.807, 2.05) is 0 Å². The molecule has 0 aromatic heterocycles. The number of ether oxygens (including phenoxy) is 1. The van der Waals surface area contributed by atoms with Crippen LogP contribution in [0.15, 0.2) is 24.3 Å². The highest BCUT2D eigenvalue weighted by molar-refractivity contribution is 6.39. The smallest absolute Gasteiger partial charge is 0.313 e. The molecule has 1 heterocycles. The summed E-state index contributed by atoms with van der Waals surface area (Å²) >= 11 is 0. The van der Waals surface area contributed by atoms with Crippen molar-refractivity contribution in [2.75, 3.05) is 32.1 Å². The molecule has 142 valence electrons. The molecule has 1 saturated carbocycles. The number of benzene rings is 1. The molecule has 6 nitrogen and oxygen atoms in total. The molecule has 1 aromatic carbocycles. The van der Waals surface area contributed by atoms with Gasteiger partial charge in [-0.2, -0.15) is 0 Å². The Labute approximate surface area is 155 Å². The number of methoxy groups -OCH3 is 1. The zero-order valence-corrected chi connectivity index (χ0v) is 15.5. The van der Waals surface area contributed by atoms with Gasteiger partial charge in [0.2, 0.25) is 0 Å². The van der Waals surface area contributed by atoms with Crippen LogP contribution in [0.1, 0.15) is 38.5 Å². The van der Waals surface area contributed by atoms with Crippen LogP contribution >= 0.6 is 0 Å². The number of hydrogen-bond donors (Lipinski definition) is 2. The maximum Gasteiger partial charge on any atom is 0.313 e. The molecule has 0 atom stereocenters. The van der Waals surface area contributed by atoms with E-state index in [1.165, 1.54) is 25.7 Å². The number of nitrogens with zero attached hydrogens (tertiary/aromatic N) is 1. The fourth-order valence-corrected chi connectivity index (χ4v) is 4.00. The number of hydrogen-bond acceptors (Lipinski definition) is 4. The Morgan fingerprint density at radius 1 is 1.12 bits per heavy atom. The molecule has 1 aliphatic carbocycles. The molecule has 6 heteroatoms. The van der Waals surface area contributed by atoms with Gasteiger partial charge < -0.3 is 20.3 Å². The van der Waals surface area contributed by atoms with Crippen molar-refractivity contribution in [3.05, 3.63) is 24.3 Å². The van der Waals surface area contributed by atoms with Crippen LogP contribution in [0.4, 0.5) is 5.69 Å². The van der Waals surface area contributed by atoms with Crippen molar-refractivity contribution in [1.29, 1.82) is 0 Å². The van der Waals surface area contributed by atoms with Gasteiger partial charge in [-0.25, -0.2) is 0 Å². The fraction of sp³-hybridized carbons (Fsp3) is 0.600. The third kappa shape index (κ3) is 4.97. The highest BCUT2D eigenvalue weighted by Crippen LogP contribution is 2.27. The van der Waals surface area contributed by atoms with Gasteiger partial charge in [0, 0.05) is 24.3 Å². The summed E-state index contributed by atoms with van der Waals surface area (Å²) < 4.78 is 5.11. The van der Waals surface area contributed by atoms with Crippen LogP contribution in [-0.2, 0) is 9.59 Å². The van der Waals surface area contributed by atoms with Gasteiger partial charge in [-0.3, -0.25) is 9.59 Å². The molecule has 1 aromatic rings. The van der Waals surface area contributed by atoms with Crippen molar-refractivity contribution in [2.24, 2.45) is 5.92 Å². The van der Waals surface area contributed by atoms with E-state index >= 15 is 0 Å². The van der Waals surface area contributed by atoms with Gasteiger partial charge >= 0.3 is 11.8 Å². The van der Waals surface area contributed by atoms with Crippen LogP contribution in [0.2, 0.25) is 0 Å². The molecule has 2 fully saturated rings. The van der Waals surface area contributed by atoms with Gasteiger partial charge in [-0.15, -0.1) is 0 Å². The van der Waals surface area contributed by atoms with E-state index in [2.05, 4.69) is 15.5 Å². The molecule has 2 N–H and O–H groups in total. The Kier molecular flexibility index (Phi) is 6.50. The summed E-state index contributed by atoms with van der Waals surface area (Å²) in [6.07, 6.45) is 7.59. The molecule has 26 heavy (non-hydrogen) atoms. The molecule has 0 radical (unpaired) electrons. The fourth-order valence-electron chi connectivity index (χ4n) is 4.00. The van der Waals surface area contributed by atoms with Crippen molar-refractivity contribution in [3.8, 4) is 5.75 Å². The van der Waals surface area contributed by atoms with Gasteiger partial charge in [-0.1, -0.05) is 18.9 Å². The number of carbonyl (C=O) groups excluding carboxylic acids is 2. The minimum Gasteiger partial charge on any atom is -0.497 e. The molecule has 1 aliphatic heterocycles. The summed E-state index contributed by atoms with van der Waals surface area (Å²) in [5, 5.41) is 5.39. The summed E-state index contributed by atoms with van der Waals surface area (Å²) in [5.41, 5.74) is 0.550. The lowest BCUT2D eigenvalue weighted by Gasteiger charge is -2.36. The van der Waals surface area contributed by atoms with Crippen molar-refractivity contribution in [3.63, 3.8) is 0 Å². The highest BCUT2D eigenvalue weighted by Gasteiger charge is 2.27. The van der Waals surface area contributed by atoms with E-state index in [4.69, 9.17) is 4.74 Å². The van der Waals surface area contributed by atoms with Crippen molar-refractivity contribution >= 4 is 17.5 Å². The average molecular weight is 359 g/mol. The molecule has 0 bridgehead atoms. The minimum absolute atomic E-state index is 0.459. The second-order valence-electron chi connectivity index (χ2n) is 7.31. The predicted octanol–water partition coefficient (Wildman–Crippen LogP) is 2.40. The van der Waals surface area contributed by atoms with E-state index in [1.54, 1.807) is 31.4 Å². The lowest BCUT2D eigenvalue weighted by atomic mass is 9.95. The van der Waals surface area contributed by atoms with Crippen LogP contribution in [0.25, 0.3) is 0 Å². The van der Waals surface area contributed by atoms with E-state index in [9.17, 15) is 9.59 Å². The molecule has 0 unspecified atom stereocenters. The van der Waals surface area contributed by atoms with E-state index < -0.39 is 11.8 Å². The Bertz CT molecular complexity index is 620. The van der Waals surface area contributed by atoms with Gasteiger partial charge in [0.1, 0.15) is 5.75 Å². The van der Waals surface area contributed by atoms with Gasteiger partial charge in [0.05, 0.1) is 7.11 Å². The zero-order chi connectivity index (χ0) is 18.4. The highest BCUT2D eigenvalue weighted by atomic mass is 16.5. The van der Waals surface area contributed by atoms with E-state index in [0.717, 1.165) is 32.0 Å². The number of piperidine rings is 1. The normalized spacial score (nSPS) is 19.3. The Hall–Kier alpha value is -2.08. The number of nitrogens with one attached hydrogen (secondary N) is 2. The number of anilines is 1. The van der Waals surface area contributed by atoms with Crippen molar-refractivity contribution in [2.45, 2.75) is 44.6 Å². The second-order valence-corrected chi connectivity index (χ2v) is 7.31. The van der Waals surface area contributed by atoms with Crippen LogP contribution in [0, 0.1) is 5.92 Å². The van der Waals surface area contributed by atoms with Gasteiger partial charge in [0.25, 0.3) is 0 Å². The maximum atomic E-state index is 12.1. The molecular formula is C20H29N3O3. The van der Waals surface area contributed by atoms with Gasteiger partial charge in [0.15, 0.2) is 0 Å². The summed E-state index contributed by atoms with van der Waals surface area (Å²) in [5.74, 6) is -0.119. The first-order valence-electron chi connectivity index (χ1n) is 9.63. The molecule has 2 amide bonds. The van der Waals surface area contributed by atoms with E-state index in [0.29, 0.717) is 23.9 Å². The summed E-state index contributed by atoms with van der Waals surface area (Å²) in [4.78, 5) is 26.7. The largest absolute Gasteiger partial charge is 0.497 e. The summed E-state index contributed by atoms with van der Waals surface area (Å²) in [6, 6.07) is 7.74. The van der Waals surface area contributed by atoms with Crippen molar-refractivity contribution < 1.29 is 14.3 Å². The molecule has 1 saturated heterocycles.